The zero-order valence-electron chi connectivity index (χ0n) is 9.96. The predicted molar refractivity (Wildman–Crippen MR) is 69.8 cm³/mol. The van der Waals surface area contributed by atoms with Gasteiger partial charge in [0.25, 0.3) is 0 Å². The minimum Gasteiger partial charge on any atom is -0.347 e. The zero-order valence-corrected chi connectivity index (χ0v) is 11.5. The van der Waals surface area contributed by atoms with Gasteiger partial charge in [-0.25, -0.2) is 9.18 Å². The molecule has 5 nitrogen and oxygen atoms in total. The summed E-state index contributed by atoms with van der Waals surface area (Å²) in [4.78, 5) is 24.1. The number of rotatable bonds is 3. The van der Waals surface area contributed by atoms with Crippen molar-refractivity contribution in [2.24, 2.45) is 0 Å². The Hall–Kier alpha value is -1.63. The Morgan fingerprint density at radius 2 is 2.06 bits per heavy atom. The van der Waals surface area contributed by atoms with E-state index < -0.39 is 11.8 Å². The first-order chi connectivity index (χ1) is 8.40. The average Bonchev–Trinajstić information content (AvgIpc) is 2.29. The molecular weight excluding hydrogens is 305 g/mol. The number of anilines is 1. The third kappa shape index (κ3) is 4.33. The number of carbonyl (C=O) groups excluding carboxylic acids is 2. The smallest absolute Gasteiger partial charge is 0.319 e. The number of hydrogen-bond donors (Lipinski definition) is 2. The molecule has 0 aliphatic heterocycles. The minimum atomic E-state index is -0.530. The van der Waals surface area contributed by atoms with Crippen molar-refractivity contribution in [1.82, 2.24) is 10.2 Å². The molecular formula is C11H13BrFN3O2. The van der Waals surface area contributed by atoms with E-state index in [-0.39, 0.29) is 12.5 Å². The third-order valence-electron chi connectivity index (χ3n) is 2.08. The maximum absolute atomic E-state index is 12.8. The number of nitrogens with zero attached hydrogens (tertiary/aromatic N) is 1. The summed E-state index contributed by atoms with van der Waals surface area (Å²) in [7, 11) is 3.19. The molecule has 0 saturated carbocycles. The van der Waals surface area contributed by atoms with Crippen LogP contribution in [0.5, 0.6) is 0 Å². The topological polar surface area (TPSA) is 61.4 Å². The van der Waals surface area contributed by atoms with Crippen LogP contribution >= 0.6 is 15.9 Å². The van der Waals surface area contributed by atoms with Crippen LogP contribution in [0, 0.1) is 5.82 Å². The van der Waals surface area contributed by atoms with Crippen LogP contribution < -0.4 is 10.6 Å². The van der Waals surface area contributed by atoms with Crippen molar-refractivity contribution in [2.45, 2.75) is 0 Å². The molecule has 2 N–H and O–H groups in total. The molecule has 0 aliphatic carbocycles. The van der Waals surface area contributed by atoms with Gasteiger partial charge in [-0.3, -0.25) is 4.79 Å². The second-order valence-corrected chi connectivity index (χ2v) is 4.57. The van der Waals surface area contributed by atoms with Gasteiger partial charge in [0.15, 0.2) is 0 Å². The molecule has 0 unspecified atom stereocenters. The molecule has 0 spiro atoms. The first kappa shape index (κ1) is 14.4. The first-order valence-electron chi connectivity index (χ1n) is 5.10. The summed E-state index contributed by atoms with van der Waals surface area (Å²) >= 11 is 3.12. The van der Waals surface area contributed by atoms with Crippen molar-refractivity contribution < 1.29 is 14.0 Å². The van der Waals surface area contributed by atoms with Gasteiger partial charge >= 0.3 is 6.03 Å². The molecule has 3 amide bonds. The van der Waals surface area contributed by atoms with Gasteiger partial charge in [-0.1, -0.05) is 0 Å². The highest BCUT2D eigenvalue weighted by atomic mass is 79.9. The molecule has 7 heteroatoms. The van der Waals surface area contributed by atoms with Crippen molar-refractivity contribution in [3.8, 4) is 0 Å². The first-order valence-corrected chi connectivity index (χ1v) is 5.89. The fourth-order valence-corrected chi connectivity index (χ4v) is 1.52. The van der Waals surface area contributed by atoms with Crippen LogP contribution in [0.2, 0.25) is 0 Å². The van der Waals surface area contributed by atoms with Gasteiger partial charge in [0.2, 0.25) is 5.91 Å². The lowest BCUT2D eigenvalue weighted by Crippen LogP contribution is -2.38. The molecule has 0 fully saturated rings. The lowest BCUT2D eigenvalue weighted by molar-refractivity contribution is -0.127. The Morgan fingerprint density at radius 1 is 1.39 bits per heavy atom. The SMILES string of the molecule is CN(C)C(=O)CNC(=O)Nc1ccc(F)cc1Br. The van der Waals surface area contributed by atoms with Crippen molar-refractivity contribution in [3.63, 3.8) is 0 Å². The molecule has 18 heavy (non-hydrogen) atoms. The molecule has 0 bridgehead atoms. The van der Waals surface area contributed by atoms with Crippen molar-refractivity contribution >= 4 is 33.6 Å². The van der Waals surface area contributed by atoms with Crippen molar-refractivity contribution in [3.05, 3.63) is 28.5 Å². The summed E-state index contributed by atoms with van der Waals surface area (Å²) in [5.74, 6) is -0.626. The maximum Gasteiger partial charge on any atom is 0.319 e. The number of carbonyl (C=O) groups is 2. The molecule has 0 saturated heterocycles. The highest BCUT2D eigenvalue weighted by molar-refractivity contribution is 9.10. The minimum absolute atomic E-state index is 0.0996. The summed E-state index contributed by atoms with van der Waals surface area (Å²) in [6.45, 7) is -0.0996. The van der Waals surface area contributed by atoms with E-state index in [1.54, 1.807) is 14.1 Å². The molecule has 0 aromatic heterocycles. The van der Waals surface area contributed by atoms with Crippen LogP contribution in [0.15, 0.2) is 22.7 Å². The van der Waals surface area contributed by atoms with E-state index in [0.29, 0.717) is 10.2 Å². The number of benzene rings is 1. The average molecular weight is 318 g/mol. The van der Waals surface area contributed by atoms with E-state index >= 15 is 0 Å². The Kier molecular flexibility index (Phi) is 5.08. The third-order valence-corrected chi connectivity index (χ3v) is 2.73. The van der Waals surface area contributed by atoms with E-state index in [1.807, 2.05) is 0 Å². The standard InChI is InChI=1S/C11H13BrFN3O2/c1-16(2)10(17)6-14-11(18)15-9-4-3-7(13)5-8(9)12/h3-5H,6H2,1-2H3,(H2,14,15,18). The van der Waals surface area contributed by atoms with E-state index in [2.05, 4.69) is 26.6 Å². The largest absolute Gasteiger partial charge is 0.347 e. The quantitative estimate of drug-likeness (QED) is 0.893. The number of urea groups is 1. The summed E-state index contributed by atoms with van der Waals surface area (Å²) in [6, 6.07) is 3.36. The van der Waals surface area contributed by atoms with Crippen LogP contribution in [0.1, 0.15) is 0 Å². The second-order valence-electron chi connectivity index (χ2n) is 3.72. The van der Waals surface area contributed by atoms with Crippen LogP contribution in [0.4, 0.5) is 14.9 Å². The van der Waals surface area contributed by atoms with Crippen LogP contribution in [0.25, 0.3) is 0 Å². The van der Waals surface area contributed by atoms with Gasteiger partial charge < -0.3 is 15.5 Å². The Morgan fingerprint density at radius 3 is 2.61 bits per heavy atom. The molecule has 0 atom stereocenters. The molecule has 1 aromatic rings. The Labute approximate surface area is 112 Å². The number of halogens is 2. The second kappa shape index (κ2) is 6.34. The predicted octanol–water partition coefficient (Wildman–Crippen LogP) is 1.80. The van der Waals surface area contributed by atoms with E-state index in [9.17, 15) is 14.0 Å². The fourth-order valence-electron chi connectivity index (χ4n) is 1.07. The number of hydrogen-bond acceptors (Lipinski definition) is 2. The monoisotopic (exact) mass is 317 g/mol. The van der Waals surface area contributed by atoms with Crippen LogP contribution in [0.3, 0.4) is 0 Å². The van der Waals surface area contributed by atoms with Crippen molar-refractivity contribution in [2.75, 3.05) is 26.0 Å². The summed E-state index contributed by atoms with van der Waals surface area (Å²) < 4.78 is 13.2. The van der Waals surface area contributed by atoms with Gasteiger partial charge in [-0.05, 0) is 34.1 Å². The number of nitrogens with one attached hydrogen (secondary N) is 2. The highest BCUT2D eigenvalue weighted by Gasteiger charge is 2.08. The van der Waals surface area contributed by atoms with Crippen LogP contribution in [-0.4, -0.2) is 37.5 Å². The van der Waals surface area contributed by atoms with E-state index in [0.717, 1.165) is 0 Å². The van der Waals surface area contributed by atoms with Gasteiger partial charge in [0, 0.05) is 18.6 Å². The van der Waals surface area contributed by atoms with E-state index in [1.165, 1.54) is 23.1 Å². The van der Waals surface area contributed by atoms with Gasteiger partial charge in [-0.2, -0.15) is 0 Å². The van der Waals surface area contributed by atoms with Gasteiger partial charge in [-0.15, -0.1) is 0 Å². The van der Waals surface area contributed by atoms with Crippen LogP contribution in [-0.2, 0) is 4.79 Å². The lowest BCUT2D eigenvalue weighted by Gasteiger charge is -2.12. The zero-order chi connectivity index (χ0) is 13.7. The summed E-state index contributed by atoms with van der Waals surface area (Å²) in [6.07, 6.45) is 0. The molecule has 98 valence electrons. The summed E-state index contributed by atoms with van der Waals surface area (Å²) in [5.41, 5.74) is 0.422. The molecule has 1 rings (SSSR count). The lowest BCUT2D eigenvalue weighted by atomic mass is 10.3. The molecule has 0 radical (unpaired) electrons. The fraction of sp³-hybridized carbons (Fsp3) is 0.273. The number of likely N-dealkylation sites (N-methyl/N-ethyl adjacent to an activating group) is 1. The van der Waals surface area contributed by atoms with Gasteiger partial charge in [0.1, 0.15) is 5.82 Å². The Bertz CT molecular complexity index is 466. The molecule has 1 aromatic carbocycles. The Balaban J connectivity index is 2.52. The number of amides is 3. The maximum atomic E-state index is 12.8. The van der Waals surface area contributed by atoms with Gasteiger partial charge in [0.05, 0.1) is 12.2 Å². The molecule has 0 heterocycles. The molecule has 0 aliphatic rings. The highest BCUT2D eigenvalue weighted by Crippen LogP contribution is 2.22. The normalized spacial score (nSPS) is 9.78. The van der Waals surface area contributed by atoms with Crippen molar-refractivity contribution in [1.29, 1.82) is 0 Å². The van der Waals surface area contributed by atoms with E-state index in [4.69, 9.17) is 0 Å². The summed E-state index contributed by atoms with van der Waals surface area (Å²) in [5, 5.41) is 4.90.